The summed E-state index contributed by atoms with van der Waals surface area (Å²) < 4.78 is 23.8. The number of carbonyl (C=O) groups excluding carboxylic acids is 2. The zero-order chi connectivity index (χ0) is 24.5. The molecule has 2 atom stereocenters. The third-order valence-electron chi connectivity index (χ3n) is 5.14. The molecule has 2 aromatic rings. The summed E-state index contributed by atoms with van der Waals surface area (Å²) in [4.78, 5) is 37.5. The summed E-state index contributed by atoms with van der Waals surface area (Å²) >= 11 is 0. The molecule has 0 radical (unpaired) electrons. The van der Waals surface area contributed by atoms with Crippen LogP contribution in [0.1, 0.15) is 32.8 Å². The van der Waals surface area contributed by atoms with Gasteiger partial charge < -0.3 is 19.7 Å². The first-order valence-corrected chi connectivity index (χ1v) is 10.5. The van der Waals surface area contributed by atoms with E-state index in [0.717, 1.165) is 6.42 Å². The average molecular weight is 461 g/mol. The number of rotatable bonds is 11. The molecule has 2 amide bonds. The number of hydrogen-bond acceptors (Lipinski definition) is 6. The number of carbonyl (C=O) groups is 2. The van der Waals surface area contributed by atoms with Gasteiger partial charge in [-0.1, -0.05) is 19.1 Å². The van der Waals surface area contributed by atoms with E-state index in [2.05, 4.69) is 5.32 Å². The monoisotopic (exact) mass is 461 g/mol. The topological polar surface area (TPSA) is 111 Å². The third kappa shape index (κ3) is 7.16. The molecule has 10 heteroatoms. The highest BCUT2D eigenvalue weighted by atomic mass is 19.1. The zero-order valence-corrected chi connectivity index (χ0v) is 19.0. The normalized spacial score (nSPS) is 12.4. The predicted octanol–water partition coefficient (Wildman–Crippen LogP) is 3.45. The minimum Gasteiger partial charge on any atom is -0.490 e. The average Bonchev–Trinajstić information content (AvgIpc) is 2.81. The fraction of sp³-hybridized carbons (Fsp3) is 0.391. The second-order valence-electron chi connectivity index (χ2n) is 7.52. The lowest BCUT2D eigenvalue weighted by molar-refractivity contribution is -0.385. The lowest BCUT2D eigenvalue weighted by atomic mass is 10.1. The van der Waals surface area contributed by atoms with Crippen molar-refractivity contribution >= 4 is 17.5 Å². The van der Waals surface area contributed by atoms with Gasteiger partial charge in [0.1, 0.15) is 17.6 Å². The van der Waals surface area contributed by atoms with E-state index in [1.807, 2.05) is 13.8 Å². The Labute approximate surface area is 191 Å². The maximum absolute atomic E-state index is 13.3. The number of benzene rings is 2. The molecule has 0 aromatic heterocycles. The number of nitro benzene ring substituents is 1. The van der Waals surface area contributed by atoms with Crippen molar-refractivity contribution in [2.75, 3.05) is 13.7 Å². The largest absolute Gasteiger partial charge is 0.490 e. The van der Waals surface area contributed by atoms with Crippen LogP contribution < -0.4 is 14.8 Å². The first-order chi connectivity index (χ1) is 15.7. The molecule has 1 N–H and O–H groups in total. The Morgan fingerprint density at radius 3 is 2.42 bits per heavy atom. The van der Waals surface area contributed by atoms with E-state index < -0.39 is 29.3 Å². The van der Waals surface area contributed by atoms with E-state index in [0.29, 0.717) is 5.56 Å². The predicted molar refractivity (Wildman–Crippen MR) is 119 cm³/mol. The lowest BCUT2D eigenvalue weighted by Crippen LogP contribution is -2.50. The quantitative estimate of drug-likeness (QED) is 0.405. The first kappa shape index (κ1) is 25.6. The Hall–Kier alpha value is -3.69. The van der Waals surface area contributed by atoms with Gasteiger partial charge in [0.25, 0.3) is 5.91 Å². The van der Waals surface area contributed by atoms with Crippen LogP contribution in [-0.4, -0.2) is 47.4 Å². The molecule has 0 aliphatic rings. The molecule has 0 heterocycles. The molecule has 0 bridgehead atoms. The summed E-state index contributed by atoms with van der Waals surface area (Å²) in [7, 11) is 1.29. The second-order valence-corrected chi connectivity index (χ2v) is 7.52. The van der Waals surface area contributed by atoms with Gasteiger partial charge in [-0.3, -0.25) is 19.7 Å². The van der Waals surface area contributed by atoms with Crippen LogP contribution in [0.5, 0.6) is 11.5 Å². The van der Waals surface area contributed by atoms with Gasteiger partial charge in [-0.25, -0.2) is 4.39 Å². The van der Waals surface area contributed by atoms with Gasteiger partial charge in [-0.2, -0.15) is 0 Å². The number of halogens is 1. The maximum Gasteiger partial charge on any atom is 0.311 e. The molecule has 178 valence electrons. The molecule has 0 spiro atoms. The number of methoxy groups -OCH3 is 1. The fourth-order valence-corrected chi connectivity index (χ4v) is 2.96. The standard InChI is InChI=1S/C23H28FN3O6/c1-5-15(2)25-23(29)16(3)26(13-17-6-8-18(24)9-7-17)22(28)14-33-19-10-11-20(27(30)31)21(12-19)32-4/h6-12,15-16H,5,13-14H2,1-4H3,(H,25,29)/t15-,16-/m0/s1. The Kier molecular flexibility index (Phi) is 9.14. The molecule has 0 saturated heterocycles. The number of nitrogens with zero attached hydrogens (tertiary/aromatic N) is 2. The van der Waals surface area contributed by atoms with Gasteiger partial charge in [0.15, 0.2) is 6.61 Å². The molecule has 0 unspecified atom stereocenters. The van der Waals surface area contributed by atoms with Gasteiger partial charge in [0, 0.05) is 24.7 Å². The zero-order valence-electron chi connectivity index (χ0n) is 19.0. The summed E-state index contributed by atoms with van der Waals surface area (Å²) in [5, 5.41) is 13.9. The first-order valence-electron chi connectivity index (χ1n) is 10.5. The number of amides is 2. The van der Waals surface area contributed by atoms with Crippen molar-refractivity contribution in [2.45, 2.75) is 45.8 Å². The van der Waals surface area contributed by atoms with Gasteiger partial charge in [-0.05, 0) is 44.0 Å². The molecule has 0 aliphatic heterocycles. The minimum atomic E-state index is -0.813. The molecule has 2 aromatic carbocycles. The molecule has 0 fully saturated rings. The molecule has 9 nitrogen and oxygen atoms in total. The van der Waals surface area contributed by atoms with Crippen molar-refractivity contribution in [3.63, 3.8) is 0 Å². The van der Waals surface area contributed by atoms with Crippen LogP contribution in [-0.2, 0) is 16.1 Å². The molecule has 33 heavy (non-hydrogen) atoms. The minimum absolute atomic E-state index is 0.00517. The van der Waals surface area contributed by atoms with Crippen molar-refractivity contribution in [3.8, 4) is 11.5 Å². The van der Waals surface area contributed by atoms with Crippen LogP contribution in [0.3, 0.4) is 0 Å². The van der Waals surface area contributed by atoms with Crippen molar-refractivity contribution in [1.82, 2.24) is 10.2 Å². The smallest absolute Gasteiger partial charge is 0.311 e. The number of nitrogens with one attached hydrogen (secondary N) is 1. The molecular formula is C23H28FN3O6. The Morgan fingerprint density at radius 1 is 1.18 bits per heavy atom. The third-order valence-corrected chi connectivity index (χ3v) is 5.14. The van der Waals surface area contributed by atoms with E-state index in [1.165, 1.54) is 54.5 Å². The summed E-state index contributed by atoms with van der Waals surface area (Å²) in [6.45, 7) is 5.06. The number of ether oxygens (including phenoxy) is 2. The van der Waals surface area contributed by atoms with Gasteiger partial charge >= 0.3 is 5.69 Å². The van der Waals surface area contributed by atoms with E-state index in [9.17, 15) is 24.1 Å². The van der Waals surface area contributed by atoms with Crippen molar-refractivity contribution in [2.24, 2.45) is 0 Å². The van der Waals surface area contributed by atoms with E-state index in [4.69, 9.17) is 9.47 Å². The van der Waals surface area contributed by atoms with E-state index >= 15 is 0 Å². The van der Waals surface area contributed by atoms with Gasteiger partial charge in [-0.15, -0.1) is 0 Å². The SMILES string of the molecule is CC[C@H](C)NC(=O)[C@H](C)N(Cc1ccc(F)cc1)C(=O)COc1ccc([N+](=O)[O-])c(OC)c1. The molecule has 0 saturated carbocycles. The summed E-state index contributed by atoms with van der Waals surface area (Å²) in [5.41, 5.74) is 0.411. The summed E-state index contributed by atoms with van der Waals surface area (Å²) in [6, 6.07) is 8.65. The van der Waals surface area contributed by atoms with Crippen molar-refractivity contribution in [3.05, 3.63) is 64.0 Å². The van der Waals surface area contributed by atoms with Crippen LogP contribution in [0.15, 0.2) is 42.5 Å². The Balaban J connectivity index is 2.19. The summed E-state index contributed by atoms with van der Waals surface area (Å²) in [6.07, 6.45) is 0.732. The van der Waals surface area contributed by atoms with E-state index in [-0.39, 0.29) is 35.7 Å². The van der Waals surface area contributed by atoms with E-state index in [1.54, 1.807) is 6.92 Å². The van der Waals surface area contributed by atoms with Gasteiger partial charge in [0.05, 0.1) is 12.0 Å². The summed E-state index contributed by atoms with van der Waals surface area (Å²) in [5.74, 6) is -1.02. The second kappa shape index (κ2) is 11.8. The van der Waals surface area contributed by atoms with Crippen LogP contribution in [0, 0.1) is 15.9 Å². The molecule has 0 aliphatic carbocycles. The van der Waals surface area contributed by atoms with Crippen LogP contribution >= 0.6 is 0 Å². The Bertz CT molecular complexity index is 983. The highest BCUT2D eigenvalue weighted by Gasteiger charge is 2.27. The lowest BCUT2D eigenvalue weighted by Gasteiger charge is -2.29. The van der Waals surface area contributed by atoms with Crippen molar-refractivity contribution in [1.29, 1.82) is 0 Å². The maximum atomic E-state index is 13.3. The van der Waals surface area contributed by atoms with Crippen LogP contribution in [0.4, 0.5) is 10.1 Å². The van der Waals surface area contributed by atoms with Gasteiger partial charge in [0.2, 0.25) is 11.7 Å². The number of nitro groups is 1. The van der Waals surface area contributed by atoms with Crippen molar-refractivity contribution < 1.29 is 28.4 Å². The Morgan fingerprint density at radius 2 is 1.85 bits per heavy atom. The molecule has 2 rings (SSSR count). The molecular weight excluding hydrogens is 433 g/mol. The van der Waals surface area contributed by atoms with Crippen LogP contribution in [0.25, 0.3) is 0 Å². The highest BCUT2D eigenvalue weighted by molar-refractivity contribution is 5.88. The fourth-order valence-electron chi connectivity index (χ4n) is 2.96. The number of hydrogen-bond donors (Lipinski definition) is 1. The van der Waals surface area contributed by atoms with Crippen LogP contribution in [0.2, 0.25) is 0 Å². The highest BCUT2D eigenvalue weighted by Crippen LogP contribution is 2.30.